The van der Waals surface area contributed by atoms with Crippen LogP contribution in [0.5, 0.6) is 0 Å². The molecule has 0 bridgehead atoms. The van der Waals surface area contributed by atoms with Crippen LogP contribution in [0.2, 0.25) is 5.02 Å². The highest BCUT2D eigenvalue weighted by Crippen LogP contribution is 2.27. The van der Waals surface area contributed by atoms with Gasteiger partial charge in [-0.05, 0) is 62.2 Å². The van der Waals surface area contributed by atoms with Crippen molar-refractivity contribution in [2.45, 2.75) is 38.3 Å². The molecule has 2 amide bonds. The highest BCUT2D eigenvalue weighted by Gasteiger charge is 2.32. The van der Waals surface area contributed by atoms with E-state index < -0.39 is 28.5 Å². The fourth-order valence-corrected chi connectivity index (χ4v) is 5.53. The van der Waals surface area contributed by atoms with E-state index in [1.165, 1.54) is 17.0 Å². The molecule has 3 aromatic carbocycles. The lowest BCUT2D eigenvalue weighted by Gasteiger charge is -2.32. The molecule has 0 spiro atoms. The maximum absolute atomic E-state index is 13.8. The number of benzene rings is 3. The highest BCUT2D eigenvalue weighted by molar-refractivity contribution is 7.92. The van der Waals surface area contributed by atoms with Crippen molar-refractivity contribution in [2.75, 3.05) is 17.4 Å². The molecule has 0 unspecified atom stereocenters. The quantitative estimate of drug-likeness (QED) is 0.423. The molecule has 3 aromatic rings. The van der Waals surface area contributed by atoms with E-state index in [1.54, 1.807) is 87.5 Å². The molecule has 190 valence electrons. The Bertz CT molecular complexity index is 1320. The van der Waals surface area contributed by atoms with Crippen molar-refractivity contribution in [2.24, 2.45) is 0 Å². The van der Waals surface area contributed by atoms with Gasteiger partial charge in [0.05, 0.1) is 10.6 Å². The molecule has 0 aliphatic carbocycles. The number of para-hydroxylation sites is 1. The molecule has 0 fully saturated rings. The predicted octanol–water partition coefficient (Wildman–Crippen LogP) is 4.40. The van der Waals surface area contributed by atoms with Gasteiger partial charge in [0.1, 0.15) is 12.6 Å². The molecule has 0 heterocycles. The number of sulfonamides is 1. The molecule has 0 saturated carbocycles. The lowest BCUT2D eigenvalue weighted by atomic mass is 10.1. The maximum Gasteiger partial charge on any atom is 0.264 e. The molecule has 0 radical (unpaired) electrons. The van der Waals surface area contributed by atoms with E-state index in [-0.39, 0.29) is 17.3 Å². The van der Waals surface area contributed by atoms with E-state index in [9.17, 15) is 18.0 Å². The van der Waals surface area contributed by atoms with Crippen LogP contribution in [-0.4, -0.2) is 44.3 Å². The molecule has 0 aliphatic rings. The number of likely N-dealkylation sites (N-methyl/N-ethyl adjacent to an activating group) is 1. The standard InChI is InChI=1S/C27H30ClN3O4S/c1-4-29-27(33)21(3)30(18-22-12-10-13-23(28)17-22)26(32)19-31(25-16-9-8-11-20(25)2)36(34,35)24-14-6-5-7-15-24/h5-17,21H,4,18-19H2,1-3H3,(H,29,33)/t21-/m0/s1. The summed E-state index contributed by atoms with van der Waals surface area (Å²) >= 11 is 6.14. The molecular formula is C27H30ClN3O4S. The number of hydrogen-bond donors (Lipinski definition) is 1. The third kappa shape index (κ3) is 6.44. The van der Waals surface area contributed by atoms with Crippen LogP contribution in [0.25, 0.3) is 0 Å². The Hall–Kier alpha value is -3.36. The largest absolute Gasteiger partial charge is 0.355 e. The Morgan fingerprint density at radius 2 is 1.64 bits per heavy atom. The van der Waals surface area contributed by atoms with Gasteiger partial charge in [-0.15, -0.1) is 0 Å². The SMILES string of the molecule is CCNC(=O)[C@H](C)N(Cc1cccc(Cl)c1)C(=O)CN(c1ccccc1C)S(=O)(=O)c1ccccc1. The van der Waals surface area contributed by atoms with Crippen LogP contribution < -0.4 is 9.62 Å². The summed E-state index contributed by atoms with van der Waals surface area (Å²) in [5.74, 6) is -0.849. The summed E-state index contributed by atoms with van der Waals surface area (Å²) in [5.41, 5.74) is 1.81. The lowest BCUT2D eigenvalue weighted by molar-refractivity contribution is -0.139. The molecule has 0 saturated heterocycles. The summed E-state index contributed by atoms with van der Waals surface area (Å²) in [6, 6.07) is 21.1. The first-order chi connectivity index (χ1) is 17.1. The first-order valence-corrected chi connectivity index (χ1v) is 13.4. The summed E-state index contributed by atoms with van der Waals surface area (Å²) in [6.07, 6.45) is 0. The summed E-state index contributed by atoms with van der Waals surface area (Å²) in [4.78, 5) is 27.9. The fourth-order valence-electron chi connectivity index (χ4n) is 3.81. The number of rotatable bonds is 10. The highest BCUT2D eigenvalue weighted by atomic mass is 35.5. The number of nitrogens with zero attached hydrogens (tertiary/aromatic N) is 2. The Morgan fingerprint density at radius 3 is 2.28 bits per heavy atom. The minimum atomic E-state index is -4.08. The van der Waals surface area contributed by atoms with Crippen molar-refractivity contribution < 1.29 is 18.0 Å². The minimum absolute atomic E-state index is 0.0687. The average molecular weight is 528 g/mol. The van der Waals surface area contributed by atoms with Crippen molar-refractivity contribution in [1.29, 1.82) is 0 Å². The zero-order chi connectivity index (χ0) is 26.3. The smallest absolute Gasteiger partial charge is 0.264 e. The molecule has 0 aromatic heterocycles. The average Bonchev–Trinajstić information content (AvgIpc) is 2.86. The van der Waals surface area contributed by atoms with Gasteiger partial charge in [-0.25, -0.2) is 8.42 Å². The van der Waals surface area contributed by atoms with E-state index in [0.717, 1.165) is 9.87 Å². The number of hydrogen-bond acceptors (Lipinski definition) is 4. The summed E-state index contributed by atoms with van der Waals surface area (Å²) in [6.45, 7) is 5.21. The van der Waals surface area contributed by atoms with Gasteiger partial charge in [-0.1, -0.05) is 60.1 Å². The summed E-state index contributed by atoms with van der Waals surface area (Å²) < 4.78 is 28.5. The van der Waals surface area contributed by atoms with Gasteiger partial charge in [0.2, 0.25) is 11.8 Å². The molecule has 1 N–H and O–H groups in total. The third-order valence-corrected chi connectivity index (χ3v) is 7.76. The van der Waals surface area contributed by atoms with Crippen molar-refractivity contribution in [3.05, 3.63) is 95.0 Å². The van der Waals surface area contributed by atoms with Gasteiger partial charge >= 0.3 is 0 Å². The maximum atomic E-state index is 13.8. The van der Waals surface area contributed by atoms with E-state index in [2.05, 4.69) is 5.32 Å². The number of anilines is 1. The summed E-state index contributed by atoms with van der Waals surface area (Å²) in [7, 11) is -4.08. The molecule has 3 rings (SSSR count). The Morgan fingerprint density at radius 1 is 0.972 bits per heavy atom. The number of nitrogens with one attached hydrogen (secondary N) is 1. The first kappa shape index (κ1) is 27.2. The molecule has 36 heavy (non-hydrogen) atoms. The minimum Gasteiger partial charge on any atom is -0.355 e. The van der Waals surface area contributed by atoms with Crippen LogP contribution in [0.4, 0.5) is 5.69 Å². The van der Waals surface area contributed by atoms with Crippen LogP contribution >= 0.6 is 11.6 Å². The van der Waals surface area contributed by atoms with E-state index in [0.29, 0.717) is 22.8 Å². The van der Waals surface area contributed by atoms with E-state index >= 15 is 0 Å². The van der Waals surface area contributed by atoms with Gasteiger partial charge in [0, 0.05) is 18.1 Å². The molecule has 0 aliphatic heterocycles. The molecule has 9 heteroatoms. The Kier molecular flexibility index (Phi) is 9.12. The number of halogens is 1. The van der Waals surface area contributed by atoms with Gasteiger partial charge in [0.15, 0.2) is 0 Å². The van der Waals surface area contributed by atoms with Crippen molar-refractivity contribution in [3.8, 4) is 0 Å². The predicted molar refractivity (Wildman–Crippen MR) is 142 cm³/mol. The number of carbonyl (C=O) groups excluding carboxylic acids is 2. The summed E-state index contributed by atoms with van der Waals surface area (Å²) in [5, 5.41) is 3.24. The molecule has 1 atom stereocenters. The van der Waals surface area contributed by atoms with Crippen molar-refractivity contribution in [3.63, 3.8) is 0 Å². The van der Waals surface area contributed by atoms with E-state index in [4.69, 9.17) is 11.6 Å². The van der Waals surface area contributed by atoms with Gasteiger partial charge in [-0.3, -0.25) is 13.9 Å². The lowest BCUT2D eigenvalue weighted by Crippen LogP contribution is -2.51. The molecular weight excluding hydrogens is 498 g/mol. The number of carbonyl (C=O) groups is 2. The number of amides is 2. The normalized spacial score (nSPS) is 12.0. The zero-order valence-corrected chi connectivity index (χ0v) is 22.1. The fraction of sp³-hybridized carbons (Fsp3) is 0.259. The molecule has 7 nitrogen and oxygen atoms in total. The van der Waals surface area contributed by atoms with Gasteiger partial charge in [-0.2, -0.15) is 0 Å². The van der Waals surface area contributed by atoms with Crippen LogP contribution in [0.3, 0.4) is 0 Å². The van der Waals surface area contributed by atoms with Crippen LogP contribution in [0.15, 0.2) is 83.8 Å². The third-order valence-electron chi connectivity index (χ3n) is 5.75. The second-order valence-corrected chi connectivity index (χ2v) is 10.6. The van der Waals surface area contributed by atoms with Crippen molar-refractivity contribution >= 4 is 39.1 Å². The van der Waals surface area contributed by atoms with Crippen LogP contribution in [0, 0.1) is 6.92 Å². The van der Waals surface area contributed by atoms with Gasteiger partial charge < -0.3 is 10.2 Å². The number of aryl methyl sites for hydroxylation is 1. The van der Waals surface area contributed by atoms with Crippen molar-refractivity contribution in [1.82, 2.24) is 10.2 Å². The van der Waals surface area contributed by atoms with Crippen LogP contribution in [0.1, 0.15) is 25.0 Å². The Labute approximate surface area is 217 Å². The van der Waals surface area contributed by atoms with E-state index in [1.807, 2.05) is 0 Å². The second-order valence-electron chi connectivity index (χ2n) is 8.33. The second kappa shape index (κ2) is 12.1. The Balaban J connectivity index is 2.03. The van der Waals surface area contributed by atoms with Crippen LogP contribution in [-0.2, 0) is 26.2 Å². The topological polar surface area (TPSA) is 86.8 Å². The first-order valence-electron chi connectivity index (χ1n) is 11.6. The zero-order valence-electron chi connectivity index (χ0n) is 20.5. The van der Waals surface area contributed by atoms with Gasteiger partial charge in [0.25, 0.3) is 10.0 Å². The monoisotopic (exact) mass is 527 g/mol.